The van der Waals surface area contributed by atoms with Gasteiger partial charge in [0.2, 0.25) is 14.3 Å². The van der Waals surface area contributed by atoms with Crippen molar-refractivity contribution >= 4 is 20.0 Å². The zero-order valence-corrected chi connectivity index (χ0v) is 12.8. The number of fused-ring (bicyclic) bond motifs is 2. The Bertz CT molecular complexity index is 562. The van der Waals surface area contributed by atoms with Crippen molar-refractivity contribution in [1.82, 2.24) is 9.97 Å². The molecule has 3 rings (SSSR count). The van der Waals surface area contributed by atoms with E-state index in [1.807, 2.05) is 24.3 Å². The van der Waals surface area contributed by atoms with Crippen LogP contribution >= 0.6 is 0 Å². The molecule has 0 unspecified atom stereocenters. The van der Waals surface area contributed by atoms with Gasteiger partial charge >= 0.3 is 0 Å². The maximum Gasteiger partial charge on any atom is 0.246 e. The number of aromatic nitrogens is 2. The molecule has 6 heteroatoms. The monoisotopic (exact) mass is 287 g/mol. The summed E-state index contributed by atoms with van der Waals surface area (Å²) in [5.41, 5.74) is 4.39. The van der Waals surface area contributed by atoms with E-state index in [1.54, 1.807) is 18.5 Å². The lowest BCUT2D eigenvalue weighted by molar-refractivity contribution is -0.111. The topological polar surface area (TPSA) is 64.1 Å². The van der Waals surface area contributed by atoms with Crippen LogP contribution in [0.25, 0.3) is 0 Å². The third kappa shape index (κ3) is 3.97. The molecule has 0 atom stereocenters. The Labute approximate surface area is 119 Å². The van der Waals surface area contributed by atoms with Crippen LogP contribution in [-0.2, 0) is 9.32 Å². The predicted octanol–water partition coefficient (Wildman–Crippen LogP) is 2.65. The number of hydrogen-bond donors (Lipinski definition) is 1. The minimum Gasteiger partial charge on any atom is -0.320 e. The van der Waals surface area contributed by atoms with Gasteiger partial charge in [-0.2, -0.15) is 0 Å². The van der Waals surface area contributed by atoms with Gasteiger partial charge in [-0.1, -0.05) is 24.3 Å². The first-order valence-corrected chi connectivity index (χ1v) is 9.72. The molecule has 20 heavy (non-hydrogen) atoms. The summed E-state index contributed by atoms with van der Waals surface area (Å²) < 4.78 is 5.38. The fourth-order valence-electron chi connectivity index (χ4n) is 1.49. The third-order valence-corrected chi connectivity index (χ3v) is 3.14. The lowest BCUT2D eigenvalue weighted by Gasteiger charge is -2.16. The van der Waals surface area contributed by atoms with Crippen LogP contribution in [0.1, 0.15) is 0 Å². The minimum atomic E-state index is -1.53. The van der Waals surface area contributed by atoms with E-state index in [0.717, 1.165) is 11.1 Å². The van der Waals surface area contributed by atoms with Gasteiger partial charge < -0.3 is 4.53 Å². The van der Waals surface area contributed by atoms with Crippen molar-refractivity contribution in [3.05, 3.63) is 53.9 Å². The van der Waals surface area contributed by atoms with Crippen molar-refractivity contribution in [3.8, 4) is 0 Å². The summed E-state index contributed by atoms with van der Waals surface area (Å²) in [5, 5.41) is 0. The molecule has 1 heterocycles. The van der Waals surface area contributed by atoms with Crippen LogP contribution in [0.15, 0.2) is 53.9 Å². The van der Waals surface area contributed by atoms with Crippen LogP contribution in [-0.4, -0.2) is 24.1 Å². The summed E-state index contributed by atoms with van der Waals surface area (Å²) >= 11 is 0. The summed E-state index contributed by atoms with van der Waals surface area (Å²) in [7, 11) is -1.53. The Morgan fingerprint density at radius 3 is 1.95 bits per heavy atom. The maximum absolute atomic E-state index is 10.8. The second-order valence-electron chi connectivity index (χ2n) is 5.30. The molecule has 0 aromatic carbocycles. The largest absolute Gasteiger partial charge is 0.320 e. The Balaban J connectivity index is 0.000000157. The normalized spacial score (nSPS) is 15.4. The SMILES string of the molecule is C[Si](C)(C)ONc1ncccn1.O=C1C2=CC=C1C=C2. The van der Waals surface area contributed by atoms with Crippen molar-refractivity contribution in [2.24, 2.45) is 0 Å². The molecule has 2 bridgehead atoms. The van der Waals surface area contributed by atoms with Crippen LogP contribution in [0, 0.1) is 0 Å². The number of nitrogens with one attached hydrogen (secondary N) is 1. The standard InChI is InChI=1S/C7H13N3OSi.C7H4O/c1-12(2,3)11-10-7-8-5-4-6-9-7;8-7-5-1-2-6(7)4-3-5/h4-6H,1-3H3,(H,8,9,10);1-4H. The van der Waals surface area contributed by atoms with Gasteiger partial charge in [0.05, 0.1) is 0 Å². The molecule has 0 amide bonds. The molecule has 1 aromatic rings. The van der Waals surface area contributed by atoms with E-state index in [9.17, 15) is 4.79 Å². The molecule has 0 spiro atoms. The molecule has 1 aromatic heterocycles. The fourth-order valence-corrected chi connectivity index (χ4v) is 1.89. The van der Waals surface area contributed by atoms with E-state index >= 15 is 0 Å². The highest BCUT2D eigenvalue weighted by Crippen LogP contribution is 2.23. The number of hydrogen-bond acceptors (Lipinski definition) is 5. The highest BCUT2D eigenvalue weighted by Gasteiger charge is 2.20. The first kappa shape index (κ1) is 14.4. The molecule has 104 valence electrons. The maximum atomic E-state index is 10.8. The zero-order chi connectivity index (χ0) is 14.6. The predicted molar refractivity (Wildman–Crippen MR) is 80.4 cm³/mol. The summed E-state index contributed by atoms with van der Waals surface area (Å²) in [6, 6.07) is 1.76. The van der Waals surface area contributed by atoms with E-state index in [2.05, 4.69) is 35.1 Å². The van der Waals surface area contributed by atoms with Crippen molar-refractivity contribution in [1.29, 1.82) is 0 Å². The van der Waals surface area contributed by atoms with E-state index in [-0.39, 0.29) is 5.78 Å². The molecule has 5 nitrogen and oxygen atoms in total. The summed E-state index contributed by atoms with van der Waals surface area (Å²) in [6.07, 6.45) is 10.7. The number of ketones is 1. The second-order valence-corrected chi connectivity index (χ2v) is 9.72. The Morgan fingerprint density at radius 1 is 1.05 bits per heavy atom. The molecular formula is C14H17N3O2Si. The van der Waals surface area contributed by atoms with E-state index in [4.69, 9.17) is 4.53 Å². The smallest absolute Gasteiger partial charge is 0.246 e. The molecule has 0 saturated heterocycles. The molecule has 0 fully saturated rings. The number of carbonyl (C=O) groups is 1. The Morgan fingerprint density at radius 2 is 1.60 bits per heavy atom. The highest BCUT2D eigenvalue weighted by atomic mass is 28.4. The summed E-state index contributed by atoms with van der Waals surface area (Å²) in [6.45, 7) is 6.26. The van der Waals surface area contributed by atoms with Crippen LogP contribution in [0.2, 0.25) is 19.6 Å². The van der Waals surface area contributed by atoms with Crippen molar-refractivity contribution in [2.75, 3.05) is 5.48 Å². The Kier molecular flexibility index (Phi) is 4.26. The molecule has 1 N–H and O–H groups in total. The molecule has 2 aliphatic carbocycles. The second kappa shape index (κ2) is 5.94. The van der Waals surface area contributed by atoms with Crippen LogP contribution in [0.5, 0.6) is 0 Å². The number of carbonyl (C=O) groups excluding carboxylic acids is 1. The number of anilines is 1. The third-order valence-electron chi connectivity index (χ3n) is 2.42. The van der Waals surface area contributed by atoms with Crippen molar-refractivity contribution in [3.63, 3.8) is 0 Å². The average Bonchev–Trinajstić information content (AvgIpc) is 2.96. The van der Waals surface area contributed by atoms with Crippen LogP contribution in [0.3, 0.4) is 0 Å². The van der Waals surface area contributed by atoms with Gasteiger partial charge in [0, 0.05) is 23.5 Å². The lowest BCUT2D eigenvalue weighted by atomic mass is 10.2. The number of allylic oxidation sites excluding steroid dienone is 6. The van der Waals surface area contributed by atoms with Crippen molar-refractivity contribution in [2.45, 2.75) is 19.6 Å². The quantitative estimate of drug-likeness (QED) is 0.684. The molecule has 2 aliphatic rings. The number of nitrogens with zero attached hydrogens (tertiary/aromatic N) is 2. The minimum absolute atomic E-state index is 0.185. The number of rotatable bonds is 3. The zero-order valence-electron chi connectivity index (χ0n) is 11.8. The van der Waals surface area contributed by atoms with E-state index < -0.39 is 8.32 Å². The first-order chi connectivity index (χ1) is 9.46. The van der Waals surface area contributed by atoms with Crippen molar-refractivity contribution < 1.29 is 9.32 Å². The molecule has 0 radical (unpaired) electrons. The van der Waals surface area contributed by atoms with Gasteiger partial charge in [-0.05, 0) is 25.7 Å². The van der Waals surface area contributed by atoms with Gasteiger partial charge in [-0.25, -0.2) is 15.4 Å². The summed E-state index contributed by atoms with van der Waals surface area (Å²) in [5.74, 6) is 0.699. The van der Waals surface area contributed by atoms with Gasteiger partial charge in [0.15, 0.2) is 5.78 Å². The molecular weight excluding hydrogens is 270 g/mol. The highest BCUT2D eigenvalue weighted by molar-refractivity contribution is 6.69. The summed E-state index contributed by atoms with van der Waals surface area (Å²) in [4.78, 5) is 18.7. The van der Waals surface area contributed by atoms with E-state index in [1.165, 1.54) is 0 Å². The van der Waals surface area contributed by atoms with Gasteiger partial charge in [-0.15, -0.1) is 0 Å². The Hall–Kier alpha value is -2.05. The molecule has 0 aliphatic heterocycles. The lowest BCUT2D eigenvalue weighted by Crippen LogP contribution is -2.29. The van der Waals surface area contributed by atoms with Gasteiger partial charge in [-0.3, -0.25) is 4.79 Å². The fraction of sp³-hybridized carbons (Fsp3) is 0.214. The number of Topliss-reactive ketones (excluding diaryl/α,β-unsaturated/α-hetero) is 1. The van der Waals surface area contributed by atoms with Crippen LogP contribution < -0.4 is 5.48 Å². The molecule has 0 saturated carbocycles. The van der Waals surface area contributed by atoms with Gasteiger partial charge in [0.1, 0.15) is 0 Å². The average molecular weight is 287 g/mol. The first-order valence-electron chi connectivity index (χ1n) is 6.31. The van der Waals surface area contributed by atoms with Gasteiger partial charge in [0.25, 0.3) is 0 Å². The van der Waals surface area contributed by atoms with Crippen LogP contribution in [0.4, 0.5) is 5.95 Å². The van der Waals surface area contributed by atoms with E-state index in [0.29, 0.717) is 5.95 Å².